The van der Waals surface area contributed by atoms with E-state index in [0.717, 1.165) is 0 Å². The maximum Gasteiger partial charge on any atom is 0.244 e. The Morgan fingerprint density at radius 3 is 2.57 bits per heavy atom. The fraction of sp³-hybridized carbons (Fsp3) is 0.368. The van der Waals surface area contributed by atoms with Crippen molar-refractivity contribution in [1.29, 1.82) is 0 Å². The quantitative estimate of drug-likeness (QED) is 0.837. The summed E-state index contributed by atoms with van der Waals surface area (Å²) in [5.74, 6) is 0.920. The van der Waals surface area contributed by atoms with Crippen molar-refractivity contribution < 1.29 is 22.7 Å². The number of ether oxygens (including phenoxy) is 2. The van der Waals surface area contributed by atoms with Gasteiger partial charge in [0.05, 0.1) is 0 Å². The Labute approximate surface area is 163 Å². The number of hydrogen-bond donors (Lipinski definition) is 1. The van der Waals surface area contributed by atoms with Crippen LogP contribution in [-0.2, 0) is 14.8 Å². The molecule has 148 valence electrons. The van der Waals surface area contributed by atoms with E-state index in [0.29, 0.717) is 56.3 Å². The second-order valence-corrected chi connectivity index (χ2v) is 8.65. The van der Waals surface area contributed by atoms with Crippen molar-refractivity contribution in [2.45, 2.75) is 17.7 Å². The van der Waals surface area contributed by atoms with Gasteiger partial charge in [0, 0.05) is 43.2 Å². The van der Waals surface area contributed by atoms with Crippen LogP contribution in [0.5, 0.6) is 11.5 Å². The minimum atomic E-state index is -3.57. The fourth-order valence-electron chi connectivity index (χ4n) is 3.37. The first kappa shape index (κ1) is 18.7. The van der Waals surface area contributed by atoms with Crippen molar-refractivity contribution >= 4 is 21.6 Å². The normalized spacial score (nSPS) is 17.9. The van der Waals surface area contributed by atoms with E-state index in [1.807, 2.05) is 0 Å². The van der Waals surface area contributed by atoms with Gasteiger partial charge in [0.25, 0.3) is 0 Å². The van der Waals surface area contributed by atoms with E-state index in [-0.39, 0.29) is 16.7 Å². The maximum atomic E-state index is 12.7. The molecular formula is C19H21N3O5S. The number of amides is 1. The molecule has 1 fully saturated rings. The molecule has 1 saturated heterocycles. The first-order chi connectivity index (χ1) is 13.5. The summed E-state index contributed by atoms with van der Waals surface area (Å²) in [7, 11) is -3.57. The predicted octanol–water partition coefficient (Wildman–Crippen LogP) is 1.89. The van der Waals surface area contributed by atoms with Crippen molar-refractivity contribution in [3.05, 3.63) is 42.7 Å². The van der Waals surface area contributed by atoms with E-state index in [1.54, 1.807) is 24.3 Å². The lowest BCUT2D eigenvalue weighted by molar-refractivity contribution is -0.120. The molecule has 1 aromatic heterocycles. The number of piperidine rings is 1. The number of carbonyl (C=O) groups excluding carboxylic acids is 1. The Morgan fingerprint density at radius 2 is 1.86 bits per heavy atom. The van der Waals surface area contributed by atoms with Crippen molar-refractivity contribution in [2.75, 3.05) is 31.6 Å². The Bertz CT molecular complexity index is 957. The van der Waals surface area contributed by atoms with Crippen LogP contribution in [0, 0.1) is 5.92 Å². The average molecular weight is 403 g/mol. The smallest absolute Gasteiger partial charge is 0.244 e. The number of carbonyl (C=O) groups is 1. The number of pyridine rings is 1. The van der Waals surface area contributed by atoms with Gasteiger partial charge in [-0.15, -0.1) is 0 Å². The van der Waals surface area contributed by atoms with E-state index in [4.69, 9.17) is 9.47 Å². The second kappa shape index (κ2) is 7.76. The number of hydrogen-bond acceptors (Lipinski definition) is 6. The lowest BCUT2D eigenvalue weighted by Crippen LogP contribution is -2.41. The third-order valence-electron chi connectivity index (χ3n) is 4.91. The van der Waals surface area contributed by atoms with Crippen LogP contribution >= 0.6 is 0 Å². The molecule has 9 heteroatoms. The first-order valence-corrected chi connectivity index (χ1v) is 10.6. The molecule has 1 aromatic carbocycles. The van der Waals surface area contributed by atoms with Crippen molar-refractivity contribution in [3.8, 4) is 11.5 Å². The van der Waals surface area contributed by atoms with Crippen LogP contribution < -0.4 is 14.8 Å². The van der Waals surface area contributed by atoms with Gasteiger partial charge in [0.1, 0.15) is 18.1 Å². The van der Waals surface area contributed by atoms with Crippen LogP contribution in [0.2, 0.25) is 0 Å². The molecule has 0 aliphatic carbocycles. The van der Waals surface area contributed by atoms with E-state index in [2.05, 4.69) is 10.3 Å². The highest BCUT2D eigenvalue weighted by Gasteiger charge is 2.32. The zero-order chi connectivity index (χ0) is 19.6. The largest absolute Gasteiger partial charge is 0.486 e. The molecule has 2 aliphatic rings. The minimum Gasteiger partial charge on any atom is -0.486 e. The molecule has 28 heavy (non-hydrogen) atoms. The van der Waals surface area contributed by atoms with Gasteiger partial charge >= 0.3 is 0 Å². The van der Waals surface area contributed by atoms with Crippen LogP contribution in [0.25, 0.3) is 0 Å². The van der Waals surface area contributed by atoms with Gasteiger partial charge in [-0.25, -0.2) is 8.42 Å². The topological polar surface area (TPSA) is 97.8 Å². The molecule has 0 atom stereocenters. The molecule has 3 heterocycles. The van der Waals surface area contributed by atoms with E-state index in [9.17, 15) is 13.2 Å². The third kappa shape index (κ3) is 3.81. The van der Waals surface area contributed by atoms with E-state index >= 15 is 0 Å². The summed E-state index contributed by atoms with van der Waals surface area (Å²) < 4.78 is 37.7. The van der Waals surface area contributed by atoms with Crippen LogP contribution in [-0.4, -0.2) is 49.9 Å². The second-order valence-electron chi connectivity index (χ2n) is 6.71. The Morgan fingerprint density at radius 1 is 1.11 bits per heavy atom. The summed E-state index contributed by atoms with van der Waals surface area (Å²) >= 11 is 0. The van der Waals surface area contributed by atoms with E-state index < -0.39 is 10.0 Å². The molecule has 0 radical (unpaired) electrons. The summed E-state index contributed by atoms with van der Waals surface area (Å²) in [5.41, 5.74) is 0.639. The SMILES string of the molecule is O=C(Nc1ccc2c(c1)OCCO2)C1CCN(S(=O)(=O)c2cccnc2)CC1. The van der Waals surface area contributed by atoms with Crippen LogP contribution in [0.15, 0.2) is 47.6 Å². The summed E-state index contributed by atoms with van der Waals surface area (Å²) in [6.07, 6.45) is 3.81. The average Bonchev–Trinajstić information content (AvgIpc) is 2.74. The number of fused-ring (bicyclic) bond motifs is 1. The highest BCUT2D eigenvalue weighted by atomic mass is 32.2. The number of benzene rings is 1. The van der Waals surface area contributed by atoms with Gasteiger partial charge in [0.15, 0.2) is 11.5 Å². The number of sulfonamides is 1. The van der Waals surface area contributed by atoms with Crippen LogP contribution in [0.4, 0.5) is 5.69 Å². The Balaban J connectivity index is 1.37. The number of nitrogens with one attached hydrogen (secondary N) is 1. The van der Waals surface area contributed by atoms with Crippen LogP contribution in [0.3, 0.4) is 0 Å². The zero-order valence-corrected chi connectivity index (χ0v) is 16.0. The van der Waals surface area contributed by atoms with E-state index in [1.165, 1.54) is 22.8 Å². The first-order valence-electron chi connectivity index (χ1n) is 9.15. The Kier molecular flexibility index (Phi) is 5.19. The molecule has 1 N–H and O–H groups in total. The van der Waals surface area contributed by atoms with Gasteiger partial charge in [-0.1, -0.05) is 0 Å². The highest BCUT2D eigenvalue weighted by molar-refractivity contribution is 7.89. The van der Waals surface area contributed by atoms with Gasteiger partial charge in [-0.05, 0) is 37.1 Å². The summed E-state index contributed by atoms with van der Waals surface area (Å²) in [5, 5.41) is 2.89. The fourth-order valence-corrected chi connectivity index (χ4v) is 4.81. The van der Waals surface area contributed by atoms with Crippen molar-refractivity contribution in [2.24, 2.45) is 5.92 Å². The number of rotatable bonds is 4. The summed E-state index contributed by atoms with van der Waals surface area (Å²) in [6.45, 7) is 1.60. The molecule has 0 spiro atoms. The molecule has 4 rings (SSSR count). The molecule has 0 unspecified atom stereocenters. The van der Waals surface area contributed by atoms with Crippen molar-refractivity contribution in [1.82, 2.24) is 9.29 Å². The standard InChI is InChI=1S/C19H21N3O5S/c23-19(21-15-3-4-17-18(12-15)27-11-10-26-17)14-5-8-22(9-6-14)28(24,25)16-2-1-7-20-13-16/h1-4,7,12-14H,5-6,8-11H2,(H,21,23). The Hall–Kier alpha value is -2.65. The molecule has 0 saturated carbocycles. The number of nitrogens with zero attached hydrogens (tertiary/aromatic N) is 2. The monoisotopic (exact) mass is 403 g/mol. The summed E-state index contributed by atoms with van der Waals surface area (Å²) in [6, 6.07) is 8.42. The van der Waals surface area contributed by atoms with Gasteiger partial charge in [0.2, 0.25) is 15.9 Å². The maximum absolute atomic E-state index is 12.7. The third-order valence-corrected chi connectivity index (χ3v) is 6.79. The lowest BCUT2D eigenvalue weighted by atomic mass is 9.97. The predicted molar refractivity (Wildman–Crippen MR) is 102 cm³/mol. The number of anilines is 1. The molecule has 0 bridgehead atoms. The van der Waals surface area contributed by atoms with Gasteiger partial charge in [-0.3, -0.25) is 9.78 Å². The van der Waals surface area contributed by atoms with Gasteiger partial charge < -0.3 is 14.8 Å². The highest BCUT2D eigenvalue weighted by Crippen LogP contribution is 2.33. The number of aromatic nitrogens is 1. The minimum absolute atomic E-state index is 0.116. The molecule has 2 aliphatic heterocycles. The molecular weight excluding hydrogens is 382 g/mol. The molecule has 2 aromatic rings. The molecule has 8 nitrogen and oxygen atoms in total. The van der Waals surface area contributed by atoms with Crippen molar-refractivity contribution in [3.63, 3.8) is 0 Å². The molecule has 1 amide bonds. The van der Waals surface area contributed by atoms with Crippen LogP contribution in [0.1, 0.15) is 12.8 Å². The zero-order valence-electron chi connectivity index (χ0n) is 15.2. The summed E-state index contributed by atoms with van der Waals surface area (Å²) in [4.78, 5) is 16.7. The lowest BCUT2D eigenvalue weighted by Gasteiger charge is -2.30. The van der Waals surface area contributed by atoms with Gasteiger partial charge in [-0.2, -0.15) is 4.31 Å².